The van der Waals surface area contributed by atoms with E-state index < -0.39 is 13.1 Å². The third kappa shape index (κ3) is 2.30. The van der Waals surface area contributed by atoms with Crippen LogP contribution < -0.4 is 5.46 Å². The van der Waals surface area contributed by atoms with Gasteiger partial charge in [0.25, 0.3) is 0 Å². The van der Waals surface area contributed by atoms with Gasteiger partial charge >= 0.3 is 13.1 Å². The van der Waals surface area contributed by atoms with Crippen molar-refractivity contribution in [1.82, 2.24) is 0 Å². The fourth-order valence-corrected chi connectivity index (χ4v) is 0.959. The van der Waals surface area contributed by atoms with Gasteiger partial charge in [0.05, 0.1) is 5.56 Å². The highest BCUT2D eigenvalue weighted by atomic mass is 17.2. The minimum atomic E-state index is -1.41. The van der Waals surface area contributed by atoms with E-state index in [-0.39, 0.29) is 11.0 Å². The Bertz CT molecular complexity index is 324. The Morgan fingerprint density at radius 2 is 1.93 bits per heavy atom. The maximum absolute atomic E-state index is 10.5. The van der Waals surface area contributed by atoms with E-state index in [2.05, 4.69) is 9.61 Å². The fourth-order valence-electron chi connectivity index (χ4n) is 0.959. The van der Waals surface area contributed by atoms with E-state index in [0.29, 0.717) is 0 Å². The minimum absolute atomic E-state index is 0.00148. The number of carboxylic acid groups (broad SMARTS) is 1. The molecule has 1 aromatic rings. The molecule has 14 heavy (non-hydrogen) atoms. The summed E-state index contributed by atoms with van der Waals surface area (Å²) in [5.41, 5.74) is 0.191. The molecule has 3 N–H and O–H groups in total. The molecule has 0 spiro atoms. The van der Waals surface area contributed by atoms with Gasteiger partial charge in [-0.2, -0.15) is 0 Å². The highest BCUT2D eigenvalue weighted by Crippen LogP contribution is 1.98. The molecule has 0 fully saturated rings. The van der Waals surface area contributed by atoms with E-state index in [1.54, 1.807) is 0 Å². The van der Waals surface area contributed by atoms with Gasteiger partial charge in [-0.3, -0.25) is 20.1 Å². The van der Waals surface area contributed by atoms with Crippen LogP contribution in [0.3, 0.4) is 0 Å². The van der Waals surface area contributed by atoms with Crippen LogP contribution in [0, 0.1) is 0 Å². The molecule has 0 radical (unpaired) electrons. The Labute approximate surface area is 79.3 Å². The van der Waals surface area contributed by atoms with Crippen molar-refractivity contribution in [2.24, 2.45) is 0 Å². The van der Waals surface area contributed by atoms with E-state index in [0.717, 1.165) is 0 Å². The Hall–Kier alpha value is -1.41. The largest absolute Gasteiger partial charge is 0.554 e. The quantitative estimate of drug-likeness (QED) is 0.359. The van der Waals surface area contributed by atoms with Crippen LogP contribution in [0.2, 0.25) is 0 Å². The predicted molar refractivity (Wildman–Crippen MR) is 46.2 cm³/mol. The Balaban J connectivity index is 2.98. The van der Waals surface area contributed by atoms with E-state index in [4.69, 9.17) is 15.6 Å². The molecule has 74 valence electrons. The summed E-state index contributed by atoms with van der Waals surface area (Å²) in [6, 6.07) is 5.43. The summed E-state index contributed by atoms with van der Waals surface area (Å²) in [5, 5.41) is 25.2. The zero-order chi connectivity index (χ0) is 10.6. The second-order valence-corrected chi connectivity index (χ2v) is 2.47. The third-order valence-electron chi connectivity index (χ3n) is 1.60. The van der Waals surface area contributed by atoms with Crippen LogP contribution in [0.25, 0.3) is 0 Å². The van der Waals surface area contributed by atoms with Crippen LogP contribution in [0.15, 0.2) is 24.3 Å². The summed E-state index contributed by atoms with van der Waals surface area (Å²) < 4.78 is 0. The van der Waals surface area contributed by atoms with Gasteiger partial charge in [0.2, 0.25) is 0 Å². The average Bonchev–Trinajstić information content (AvgIpc) is 2.20. The van der Waals surface area contributed by atoms with Crippen LogP contribution in [0.1, 0.15) is 10.4 Å². The van der Waals surface area contributed by atoms with Gasteiger partial charge in [0.15, 0.2) is 0 Å². The first-order valence-corrected chi connectivity index (χ1v) is 3.62. The molecule has 0 amide bonds. The lowest BCUT2D eigenvalue weighted by atomic mass is 9.79. The van der Waals surface area contributed by atoms with Crippen LogP contribution in [-0.4, -0.2) is 28.7 Å². The van der Waals surface area contributed by atoms with Crippen LogP contribution in [0.5, 0.6) is 0 Å². The summed E-state index contributed by atoms with van der Waals surface area (Å²) in [5.74, 6) is -1.12. The zero-order valence-corrected chi connectivity index (χ0v) is 6.95. The lowest BCUT2D eigenvalue weighted by Crippen LogP contribution is -2.35. The number of carboxylic acids is 1. The smallest absolute Gasteiger partial charge is 0.478 e. The standard InChI is InChI=1S/C7H7BO6/c9-7(10)5-2-1-3-6(4-5)8(13-11)14-12/h1-4,11-12H,(H,9,10). The minimum Gasteiger partial charge on any atom is -0.478 e. The van der Waals surface area contributed by atoms with Crippen molar-refractivity contribution >= 4 is 18.6 Å². The number of rotatable bonds is 4. The van der Waals surface area contributed by atoms with E-state index in [1.165, 1.54) is 24.3 Å². The molecule has 0 aliphatic carbocycles. The van der Waals surface area contributed by atoms with Crippen molar-refractivity contribution < 1.29 is 30.0 Å². The molecule has 0 saturated carbocycles. The average molecular weight is 198 g/mol. The van der Waals surface area contributed by atoms with Crippen LogP contribution in [0.4, 0.5) is 0 Å². The number of aromatic carboxylic acids is 1. The number of hydrogen-bond donors (Lipinski definition) is 3. The molecule has 7 heteroatoms. The zero-order valence-electron chi connectivity index (χ0n) is 6.95. The van der Waals surface area contributed by atoms with Crippen molar-refractivity contribution in [2.45, 2.75) is 0 Å². The Kier molecular flexibility index (Phi) is 3.60. The molecule has 0 aliphatic rings. The Morgan fingerprint density at radius 3 is 2.43 bits per heavy atom. The van der Waals surface area contributed by atoms with Gasteiger partial charge in [-0.25, -0.2) is 4.79 Å². The van der Waals surface area contributed by atoms with Gasteiger partial charge in [0.1, 0.15) is 0 Å². The number of benzene rings is 1. The molecule has 0 aromatic heterocycles. The molecular weight excluding hydrogens is 191 g/mol. The number of carbonyl (C=O) groups is 1. The summed E-state index contributed by atoms with van der Waals surface area (Å²) >= 11 is 0. The summed E-state index contributed by atoms with van der Waals surface area (Å²) in [6.45, 7) is 0. The molecule has 0 unspecified atom stereocenters. The van der Waals surface area contributed by atoms with Gasteiger partial charge in [-0.1, -0.05) is 12.1 Å². The first-order chi connectivity index (χ1) is 6.69. The SMILES string of the molecule is O=C(O)c1cccc(B(OO)OO)c1. The lowest BCUT2D eigenvalue weighted by molar-refractivity contribution is -0.221. The topological polar surface area (TPSA) is 96.2 Å². The summed E-state index contributed by atoms with van der Waals surface area (Å²) in [6.07, 6.45) is 0. The predicted octanol–water partition coefficient (Wildman–Crippen LogP) is 0.0592. The molecule has 0 bridgehead atoms. The van der Waals surface area contributed by atoms with Gasteiger partial charge in [-0.05, 0) is 17.6 Å². The summed E-state index contributed by atoms with van der Waals surface area (Å²) in [7, 11) is -1.41. The van der Waals surface area contributed by atoms with Crippen LogP contribution >= 0.6 is 0 Å². The monoisotopic (exact) mass is 198 g/mol. The van der Waals surface area contributed by atoms with Crippen molar-refractivity contribution in [3.63, 3.8) is 0 Å². The molecule has 0 aliphatic heterocycles. The molecule has 1 aromatic carbocycles. The van der Waals surface area contributed by atoms with Crippen LogP contribution in [-0.2, 0) is 9.61 Å². The van der Waals surface area contributed by atoms with Gasteiger partial charge in [0, 0.05) is 0 Å². The van der Waals surface area contributed by atoms with Crippen molar-refractivity contribution in [2.75, 3.05) is 0 Å². The van der Waals surface area contributed by atoms with Gasteiger partial charge < -0.3 is 5.11 Å². The highest BCUT2D eigenvalue weighted by molar-refractivity contribution is 6.60. The third-order valence-corrected chi connectivity index (χ3v) is 1.60. The molecule has 6 nitrogen and oxygen atoms in total. The maximum atomic E-state index is 10.5. The van der Waals surface area contributed by atoms with E-state index >= 15 is 0 Å². The highest BCUT2D eigenvalue weighted by Gasteiger charge is 2.22. The van der Waals surface area contributed by atoms with Crippen molar-refractivity contribution in [3.8, 4) is 0 Å². The first-order valence-electron chi connectivity index (χ1n) is 3.62. The molecule has 0 saturated heterocycles. The van der Waals surface area contributed by atoms with Gasteiger partial charge in [-0.15, -0.1) is 0 Å². The normalized spacial score (nSPS) is 9.86. The maximum Gasteiger partial charge on any atom is 0.554 e. The molecule has 0 heterocycles. The Morgan fingerprint density at radius 1 is 1.29 bits per heavy atom. The molecular formula is C7H7BO6. The van der Waals surface area contributed by atoms with Crippen molar-refractivity contribution in [1.29, 1.82) is 0 Å². The lowest BCUT2D eigenvalue weighted by Gasteiger charge is -2.05. The summed E-state index contributed by atoms with van der Waals surface area (Å²) in [4.78, 5) is 18.1. The second kappa shape index (κ2) is 4.73. The van der Waals surface area contributed by atoms with Crippen molar-refractivity contribution in [3.05, 3.63) is 29.8 Å². The first kappa shape index (κ1) is 10.7. The molecule has 1 rings (SSSR count). The molecule has 0 atom stereocenters. The fraction of sp³-hybridized carbons (Fsp3) is 0. The number of hydrogen-bond acceptors (Lipinski definition) is 5. The second-order valence-electron chi connectivity index (χ2n) is 2.47. The van der Waals surface area contributed by atoms with E-state index in [1.807, 2.05) is 0 Å². The van der Waals surface area contributed by atoms with E-state index in [9.17, 15) is 4.79 Å².